The number of hydrogen-bond donors (Lipinski definition) is 7. The molecule has 1 heterocycles. The second kappa shape index (κ2) is 24.8. The molecular formula is C36H34N9O18S5+. The van der Waals surface area contributed by atoms with Crippen LogP contribution in [0.2, 0.25) is 0 Å². The third-order valence-electron chi connectivity index (χ3n) is 8.34. The van der Waals surface area contributed by atoms with Gasteiger partial charge in [-0.05, 0) is 73.2 Å². The standard InChI is InChI=1S/C36H33N9O18S5/c1-20-4-10-25(27(17-20)65-62-59-50)40-43-33-29(36(48)49)32(42-39-22-5-7-23(8-6-22)64-61-57-14-13-45-12-2-3-21(19-45)35(46)47)30(37)34(31(33)38)44-41-26-11-9-24(18-28(26)66-63-60-51)67(52,53)16-15-58-68(54,55)56/h2-12,17-19H,13-16H2,1H3,(H8-,37,38,39,40,41,46,47,48,49,50,51,54,55,56)/p+1. The summed E-state index contributed by atoms with van der Waals surface area (Å²) in [6.07, 6.45) is 3.11. The number of nitrogens with zero attached hydrogens (tertiary/aromatic N) is 7. The highest BCUT2D eigenvalue weighted by atomic mass is 32.3. The molecule has 0 unspecified atom stereocenters. The maximum atomic E-state index is 13.0. The van der Waals surface area contributed by atoms with Gasteiger partial charge in [0, 0.05) is 11.0 Å². The number of carboxylic acid groups (broad SMARTS) is 2. The molecule has 27 nitrogen and oxygen atoms in total. The molecule has 0 aliphatic heterocycles. The fourth-order valence-corrected chi connectivity index (χ4v) is 8.29. The molecule has 32 heteroatoms. The molecule has 1 aromatic heterocycles. The molecule has 0 spiro atoms. The molecule has 0 amide bonds. The second-order valence-electron chi connectivity index (χ2n) is 12.9. The van der Waals surface area contributed by atoms with Crippen molar-refractivity contribution in [1.82, 2.24) is 0 Å². The Morgan fingerprint density at radius 3 is 1.91 bits per heavy atom. The van der Waals surface area contributed by atoms with Gasteiger partial charge >= 0.3 is 22.3 Å². The Hall–Kier alpha value is -6.08. The Balaban J connectivity index is 1.50. The Bertz CT molecular complexity index is 2950. The molecule has 5 aromatic rings. The minimum Gasteiger partial charge on any atom is -0.478 e. The number of azo groups is 3. The predicted molar refractivity (Wildman–Crippen MR) is 236 cm³/mol. The van der Waals surface area contributed by atoms with Crippen LogP contribution in [0.3, 0.4) is 0 Å². The van der Waals surface area contributed by atoms with Gasteiger partial charge in [0.05, 0.1) is 80.2 Å². The van der Waals surface area contributed by atoms with E-state index in [9.17, 15) is 36.6 Å². The summed E-state index contributed by atoms with van der Waals surface area (Å²) in [6, 6.07) is 17.0. The Kier molecular flexibility index (Phi) is 19.3. The zero-order chi connectivity index (χ0) is 49.4. The number of carbonyl (C=O) groups is 2. The van der Waals surface area contributed by atoms with Gasteiger partial charge in [-0.3, -0.25) is 4.55 Å². The summed E-state index contributed by atoms with van der Waals surface area (Å²) in [5.74, 6) is -3.62. The summed E-state index contributed by atoms with van der Waals surface area (Å²) in [4.78, 5) is 29.6. The molecule has 0 fully saturated rings. The molecule has 5 rings (SSSR count). The van der Waals surface area contributed by atoms with Gasteiger partial charge in [0.25, 0.3) is 0 Å². The maximum Gasteiger partial charge on any atom is 0.397 e. The topological polar surface area (TPSA) is 398 Å². The zero-order valence-electron chi connectivity index (χ0n) is 34.3. The van der Waals surface area contributed by atoms with Gasteiger partial charge in [0.2, 0.25) is 0 Å². The number of sulfone groups is 1. The first-order chi connectivity index (χ1) is 32.4. The maximum absolute atomic E-state index is 13.0. The van der Waals surface area contributed by atoms with Gasteiger partial charge in [-0.1, -0.05) is 16.1 Å². The molecule has 360 valence electrons. The molecule has 0 atom stereocenters. The van der Waals surface area contributed by atoms with E-state index in [4.69, 9.17) is 35.8 Å². The first-order valence-corrected chi connectivity index (χ1v) is 23.6. The van der Waals surface area contributed by atoms with Crippen molar-refractivity contribution in [3.63, 3.8) is 0 Å². The van der Waals surface area contributed by atoms with Crippen molar-refractivity contribution in [1.29, 1.82) is 0 Å². The van der Waals surface area contributed by atoms with E-state index in [0.717, 1.165) is 35.8 Å². The van der Waals surface area contributed by atoms with E-state index < -0.39 is 83.4 Å². The van der Waals surface area contributed by atoms with Crippen LogP contribution in [0.5, 0.6) is 0 Å². The van der Waals surface area contributed by atoms with Gasteiger partial charge in [0.1, 0.15) is 46.2 Å². The monoisotopic (exact) mass is 1040 g/mol. The molecule has 68 heavy (non-hydrogen) atoms. The third kappa shape index (κ3) is 15.2. The number of nitrogens with two attached hydrogens (primary N) is 2. The minimum atomic E-state index is -4.95. The Labute approximate surface area is 396 Å². The van der Waals surface area contributed by atoms with Gasteiger partial charge in [-0.15, -0.1) is 34.2 Å². The minimum absolute atomic E-state index is 0.0767. The van der Waals surface area contributed by atoms with Crippen LogP contribution in [-0.2, 0) is 58.9 Å². The lowest BCUT2D eigenvalue weighted by Crippen LogP contribution is -2.36. The van der Waals surface area contributed by atoms with Crippen LogP contribution in [0.25, 0.3) is 0 Å². The normalized spacial score (nSPS) is 12.2. The summed E-state index contributed by atoms with van der Waals surface area (Å²) in [5, 5.41) is 69.3. The number of rotatable bonds is 25. The van der Waals surface area contributed by atoms with Crippen molar-refractivity contribution in [3.8, 4) is 0 Å². The molecular weight excluding hydrogens is 1010 g/mol. The van der Waals surface area contributed by atoms with Crippen LogP contribution in [0.1, 0.15) is 26.3 Å². The van der Waals surface area contributed by atoms with Crippen LogP contribution in [0.4, 0.5) is 45.5 Å². The molecule has 0 aliphatic rings. The van der Waals surface area contributed by atoms with E-state index in [0.29, 0.717) is 16.9 Å². The van der Waals surface area contributed by atoms with Crippen LogP contribution in [-0.4, -0.2) is 73.0 Å². The molecule has 0 saturated carbocycles. The largest absolute Gasteiger partial charge is 0.478 e. The quantitative estimate of drug-likeness (QED) is 0.00423. The third-order valence-corrected chi connectivity index (χ3v) is 12.4. The molecule has 0 aliphatic carbocycles. The zero-order valence-corrected chi connectivity index (χ0v) is 38.4. The smallest absolute Gasteiger partial charge is 0.397 e. The summed E-state index contributed by atoms with van der Waals surface area (Å²) < 4.78 is 76.5. The first-order valence-electron chi connectivity index (χ1n) is 18.3. The van der Waals surface area contributed by atoms with Crippen molar-refractivity contribution in [2.75, 3.05) is 30.4 Å². The van der Waals surface area contributed by atoms with Crippen LogP contribution < -0.4 is 16.0 Å². The number of aromatic carboxylic acids is 2. The average Bonchev–Trinajstić information content (AvgIpc) is 3.29. The Morgan fingerprint density at radius 1 is 0.706 bits per heavy atom. The van der Waals surface area contributed by atoms with E-state index in [1.54, 1.807) is 48.0 Å². The Morgan fingerprint density at radius 2 is 1.31 bits per heavy atom. The molecule has 4 aromatic carbocycles. The summed E-state index contributed by atoms with van der Waals surface area (Å²) >= 11 is 1.65. The lowest BCUT2D eigenvalue weighted by Gasteiger charge is -2.13. The van der Waals surface area contributed by atoms with E-state index in [1.807, 2.05) is 0 Å². The number of anilines is 2. The average molecular weight is 1040 g/mol. The van der Waals surface area contributed by atoms with E-state index >= 15 is 0 Å². The van der Waals surface area contributed by atoms with E-state index in [-0.39, 0.29) is 57.6 Å². The lowest BCUT2D eigenvalue weighted by atomic mass is 10.1. The highest BCUT2D eigenvalue weighted by Gasteiger charge is 2.27. The summed E-state index contributed by atoms with van der Waals surface area (Å²) in [6.45, 7) is 1.17. The highest BCUT2D eigenvalue weighted by molar-refractivity contribution is 7.95. The number of hydrogen-bond acceptors (Lipinski definition) is 26. The second-order valence-corrected chi connectivity index (χ2v) is 18.3. The fourth-order valence-electron chi connectivity index (χ4n) is 5.26. The van der Waals surface area contributed by atoms with Crippen molar-refractivity contribution in [3.05, 3.63) is 102 Å². The number of benzene rings is 4. The van der Waals surface area contributed by atoms with Crippen LogP contribution in [0.15, 0.2) is 135 Å². The van der Waals surface area contributed by atoms with E-state index in [2.05, 4.69) is 53.6 Å². The number of aryl methyl sites for hydroxylation is 1. The highest BCUT2D eigenvalue weighted by Crippen LogP contribution is 2.50. The van der Waals surface area contributed by atoms with Gasteiger partial charge < -0.3 is 21.7 Å². The predicted octanol–water partition coefficient (Wildman–Crippen LogP) is 8.19. The fraction of sp³-hybridized carbons (Fsp3) is 0.139. The number of pyridine rings is 1. The number of aromatic nitrogens is 1. The van der Waals surface area contributed by atoms with Gasteiger partial charge in [0.15, 0.2) is 28.8 Å². The molecule has 9 N–H and O–H groups in total. The van der Waals surface area contributed by atoms with Crippen molar-refractivity contribution >= 4 is 114 Å². The summed E-state index contributed by atoms with van der Waals surface area (Å²) in [7, 11) is -9.23. The first kappa shape index (κ1) is 52.9. The number of nitrogen functional groups attached to an aromatic ring is 2. The van der Waals surface area contributed by atoms with Gasteiger partial charge in [-0.25, -0.2) is 42.2 Å². The number of carboxylic acids is 2. The van der Waals surface area contributed by atoms with Crippen molar-refractivity contribution in [2.45, 2.75) is 33.1 Å². The molecule has 0 saturated heterocycles. The van der Waals surface area contributed by atoms with Crippen LogP contribution in [0, 0.1) is 6.92 Å². The SMILES string of the molecule is Cc1ccc(N=Nc2c(N)c(N=Nc3ccc(S(=O)(=O)CCOS(=O)(=O)O)cc3SOOO)c(N)c(N=Nc3ccc(SOOCC[n+]4cccc(C(=O)O)c4)cc3)c2C(=O)O)c(SOOO)c1. The molecule has 0 radical (unpaired) electrons. The van der Waals surface area contributed by atoms with Crippen molar-refractivity contribution < 1.29 is 88.4 Å². The molecule has 0 bridgehead atoms. The van der Waals surface area contributed by atoms with E-state index in [1.165, 1.54) is 30.5 Å². The van der Waals surface area contributed by atoms with Crippen LogP contribution >= 0.6 is 36.1 Å². The van der Waals surface area contributed by atoms with Gasteiger partial charge in [-0.2, -0.15) is 17.9 Å². The lowest BCUT2D eigenvalue weighted by molar-refractivity contribution is -0.700. The summed E-state index contributed by atoms with van der Waals surface area (Å²) in [5.41, 5.74) is 10.7. The van der Waals surface area contributed by atoms with Crippen molar-refractivity contribution in [2.24, 2.45) is 30.7 Å².